The molecule has 3 rings (SSSR count). The van der Waals surface area contributed by atoms with Gasteiger partial charge in [0, 0.05) is 12.6 Å². The molecule has 1 aliphatic heterocycles. The average Bonchev–Trinajstić information content (AvgIpc) is 2.91. The lowest BCUT2D eigenvalue weighted by Crippen LogP contribution is -2.31. The first-order chi connectivity index (χ1) is 10.1. The van der Waals surface area contributed by atoms with Crippen molar-refractivity contribution < 1.29 is 9.84 Å². The maximum atomic E-state index is 11.0. The Morgan fingerprint density at radius 2 is 2.10 bits per heavy atom. The van der Waals surface area contributed by atoms with Crippen molar-refractivity contribution in [3.63, 3.8) is 0 Å². The standard InChI is InChI=1S/C16H19N3O2/c1-12-5-3-4-6-13(12)16(20)7-8-19(10-16)14-9-15(21-2)18-11-17-14/h3-6,9,11,20H,7-8,10H2,1-2H3/t16-/m0/s1. The summed E-state index contributed by atoms with van der Waals surface area (Å²) >= 11 is 0. The second kappa shape index (κ2) is 5.33. The number of benzene rings is 1. The molecule has 0 saturated carbocycles. The summed E-state index contributed by atoms with van der Waals surface area (Å²) in [4.78, 5) is 10.4. The van der Waals surface area contributed by atoms with Crippen molar-refractivity contribution in [3.05, 3.63) is 47.8 Å². The highest BCUT2D eigenvalue weighted by Crippen LogP contribution is 2.35. The van der Waals surface area contributed by atoms with Crippen LogP contribution in [0.4, 0.5) is 5.82 Å². The molecular weight excluding hydrogens is 266 g/mol. The van der Waals surface area contributed by atoms with Gasteiger partial charge in [-0.25, -0.2) is 9.97 Å². The van der Waals surface area contributed by atoms with Gasteiger partial charge in [0.2, 0.25) is 5.88 Å². The number of β-amino-alcohol motifs (C(OH)–C–C–N with tert-alkyl or cyclic N) is 1. The molecule has 21 heavy (non-hydrogen) atoms. The van der Waals surface area contributed by atoms with Gasteiger partial charge in [0.15, 0.2) is 0 Å². The van der Waals surface area contributed by atoms with Crippen LogP contribution in [0.5, 0.6) is 5.88 Å². The Kier molecular flexibility index (Phi) is 3.51. The fourth-order valence-electron chi connectivity index (χ4n) is 2.92. The molecule has 0 amide bonds. The van der Waals surface area contributed by atoms with Gasteiger partial charge < -0.3 is 14.7 Å². The fourth-order valence-corrected chi connectivity index (χ4v) is 2.92. The Morgan fingerprint density at radius 1 is 1.29 bits per heavy atom. The fraction of sp³-hybridized carbons (Fsp3) is 0.375. The van der Waals surface area contributed by atoms with Crippen LogP contribution in [0.2, 0.25) is 0 Å². The molecule has 1 N–H and O–H groups in total. The van der Waals surface area contributed by atoms with E-state index in [0.717, 1.165) is 23.5 Å². The van der Waals surface area contributed by atoms with Gasteiger partial charge in [-0.3, -0.25) is 0 Å². The van der Waals surface area contributed by atoms with Crippen LogP contribution in [0.15, 0.2) is 36.7 Å². The summed E-state index contributed by atoms with van der Waals surface area (Å²) in [5.74, 6) is 1.32. The van der Waals surface area contributed by atoms with Crippen LogP contribution in [-0.2, 0) is 5.60 Å². The number of anilines is 1. The van der Waals surface area contributed by atoms with Crippen LogP contribution in [-0.4, -0.2) is 35.3 Å². The Hall–Kier alpha value is -2.14. The summed E-state index contributed by atoms with van der Waals surface area (Å²) < 4.78 is 5.13. The predicted molar refractivity (Wildman–Crippen MR) is 80.5 cm³/mol. The summed E-state index contributed by atoms with van der Waals surface area (Å²) in [5, 5.41) is 11.0. The number of methoxy groups -OCH3 is 1. The van der Waals surface area contributed by atoms with Gasteiger partial charge >= 0.3 is 0 Å². The van der Waals surface area contributed by atoms with E-state index in [1.54, 1.807) is 13.2 Å². The molecule has 1 aromatic heterocycles. The molecule has 5 heteroatoms. The monoisotopic (exact) mass is 285 g/mol. The van der Waals surface area contributed by atoms with Gasteiger partial charge in [-0.15, -0.1) is 0 Å². The Balaban J connectivity index is 1.86. The topological polar surface area (TPSA) is 58.5 Å². The number of hydrogen-bond donors (Lipinski definition) is 1. The van der Waals surface area contributed by atoms with E-state index in [1.165, 1.54) is 6.33 Å². The number of ether oxygens (including phenoxy) is 1. The molecule has 110 valence electrons. The highest BCUT2D eigenvalue weighted by atomic mass is 16.5. The zero-order valence-electron chi connectivity index (χ0n) is 12.3. The maximum Gasteiger partial charge on any atom is 0.218 e. The first kappa shape index (κ1) is 13.8. The van der Waals surface area contributed by atoms with E-state index in [-0.39, 0.29) is 0 Å². The molecule has 0 unspecified atom stereocenters. The lowest BCUT2D eigenvalue weighted by atomic mass is 9.89. The summed E-state index contributed by atoms with van der Waals surface area (Å²) in [5.41, 5.74) is 1.28. The molecule has 0 radical (unpaired) electrons. The molecule has 2 aromatic rings. The molecule has 0 spiro atoms. The number of aryl methyl sites for hydroxylation is 1. The van der Waals surface area contributed by atoms with E-state index in [4.69, 9.17) is 4.74 Å². The van der Waals surface area contributed by atoms with Crippen molar-refractivity contribution in [3.8, 4) is 5.88 Å². The third-order valence-corrected chi connectivity index (χ3v) is 4.05. The van der Waals surface area contributed by atoms with Crippen LogP contribution < -0.4 is 9.64 Å². The second-order valence-corrected chi connectivity index (χ2v) is 5.44. The minimum Gasteiger partial charge on any atom is -0.481 e. The molecule has 0 aliphatic carbocycles. The molecule has 2 heterocycles. The van der Waals surface area contributed by atoms with Crippen LogP contribution in [0.3, 0.4) is 0 Å². The van der Waals surface area contributed by atoms with Crippen LogP contribution in [0, 0.1) is 6.92 Å². The zero-order valence-corrected chi connectivity index (χ0v) is 12.3. The first-order valence-electron chi connectivity index (χ1n) is 7.02. The number of rotatable bonds is 3. The van der Waals surface area contributed by atoms with Crippen molar-refractivity contribution in [1.29, 1.82) is 0 Å². The highest BCUT2D eigenvalue weighted by Gasteiger charge is 2.39. The largest absolute Gasteiger partial charge is 0.481 e. The van der Waals surface area contributed by atoms with Gasteiger partial charge in [-0.05, 0) is 24.5 Å². The molecule has 1 aliphatic rings. The normalized spacial score (nSPS) is 21.6. The number of aliphatic hydroxyl groups is 1. The van der Waals surface area contributed by atoms with Gasteiger partial charge in [0.1, 0.15) is 17.7 Å². The van der Waals surface area contributed by atoms with E-state index in [0.29, 0.717) is 18.8 Å². The Morgan fingerprint density at radius 3 is 2.86 bits per heavy atom. The van der Waals surface area contributed by atoms with Crippen LogP contribution >= 0.6 is 0 Å². The quantitative estimate of drug-likeness (QED) is 0.933. The minimum atomic E-state index is -0.830. The summed E-state index contributed by atoms with van der Waals surface area (Å²) in [7, 11) is 1.58. The number of aromatic nitrogens is 2. The molecule has 1 atom stereocenters. The Bertz CT molecular complexity index is 647. The summed E-state index contributed by atoms with van der Waals surface area (Å²) in [6.07, 6.45) is 2.17. The molecule has 0 bridgehead atoms. The smallest absolute Gasteiger partial charge is 0.218 e. The van der Waals surface area contributed by atoms with Crippen LogP contribution in [0.25, 0.3) is 0 Å². The Labute approximate surface area is 124 Å². The van der Waals surface area contributed by atoms with Crippen molar-refractivity contribution in [2.24, 2.45) is 0 Å². The third kappa shape index (κ3) is 2.56. The zero-order chi connectivity index (χ0) is 14.9. The van der Waals surface area contributed by atoms with Gasteiger partial charge in [0.25, 0.3) is 0 Å². The number of hydrogen-bond acceptors (Lipinski definition) is 5. The summed E-state index contributed by atoms with van der Waals surface area (Å²) in [6, 6.07) is 9.79. The molecule has 5 nitrogen and oxygen atoms in total. The number of nitrogens with zero attached hydrogens (tertiary/aromatic N) is 3. The predicted octanol–water partition coefficient (Wildman–Crippen LogP) is 1.89. The van der Waals surface area contributed by atoms with Gasteiger partial charge in [0.05, 0.1) is 13.7 Å². The van der Waals surface area contributed by atoms with Gasteiger partial charge in [-0.2, -0.15) is 0 Å². The van der Waals surface area contributed by atoms with Crippen molar-refractivity contribution in [1.82, 2.24) is 9.97 Å². The SMILES string of the molecule is COc1cc(N2CC[C@@](O)(c3ccccc3C)C2)ncn1. The maximum absolute atomic E-state index is 11.0. The van der Waals surface area contributed by atoms with E-state index < -0.39 is 5.60 Å². The minimum absolute atomic E-state index is 0.526. The van der Waals surface area contributed by atoms with Crippen molar-refractivity contribution in [2.75, 3.05) is 25.1 Å². The molecule has 1 aromatic carbocycles. The van der Waals surface area contributed by atoms with E-state index in [2.05, 4.69) is 14.9 Å². The molecule has 1 fully saturated rings. The second-order valence-electron chi connectivity index (χ2n) is 5.44. The van der Waals surface area contributed by atoms with Crippen molar-refractivity contribution >= 4 is 5.82 Å². The molecular formula is C16H19N3O2. The average molecular weight is 285 g/mol. The third-order valence-electron chi connectivity index (χ3n) is 4.05. The lowest BCUT2D eigenvalue weighted by molar-refractivity contribution is 0.0600. The van der Waals surface area contributed by atoms with Crippen LogP contribution in [0.1, 0.15) is 17.5 Å². The lowest BCUT2D eigenvalue weighted by Gasteiger charge is -2.26. The summed E-state index contributed by atoms with van der Waals surface area (Å²) in [6.45, 7) is 3.31. The molecule has 1 saturated heterocycles. The van der Waals surface area contributed by atoms with Gasteiger partial charge in [-0.1, -0.05) is 24.3 Å². The van der Waals surface area contributed by atoms with E-state index >= 15 is 0 Å². The van der Waals surface area contributed by atoms with E-state index in [9.17, 15) is 5.11 Å². The highest BCUT2D eigenvalue weighted by molar-refractivity contribution is 5.45. The van der Waals surface area contributed by atoms with E-state index in [1.807, 2.05) is 31.2 Å². The van der Waals surface area contributed by atoms with Crippen molar-refractivity contribution in [2.45, 2.75) is 18.9 Å². The first-order valence-corrected chi connectivity index (χ1v) is 7.02.